The Hall–Kier alpha value is -0.0800. The molecular weight excluding hydrogens is 244 g/mol. The van der Waals surface area contributed by atoms with Gasteiger partial charge in [-0.15, -0.1) is 0 Å². The maximum absolute atomic E-state index is 3.71. The molecule has 0 radical (unpaired) electrons. The molecule has 0 aromatic heterocycles. The van der Waals surface area contributed by atoms with Crippen LogP contribution < -0.4 is 5.32 Å². The Labute approximate surface area is 125 Å². The lowest BCUT2D eigenvalue weighted by Gasteiger charge is -2.37. The molecule has 3 unspecified atom stereocenters. The van der Waals surface area contributed by atoms with Gasteiger partial charge in [0.15, 0.2) is 0 Å². The van der Waals surface area contributed by atoms with Crippen LogP contribution in [0.15, 0.2) is 0 Å². The third kappa shape index (κ3) is 3.39. The van der Waals surface area contributed by atoms with Crippen molar-refractivity contribution in [1.82, 2.24) is 10.2 Å². The van der Waals surface area contributed by atoms with Gasteiger partial charge >= 0.3 is 0 Å². The molecule has 3 aliphatic carbocycles. The van der Waals surface area contributed by atoms with E-state index in [1.54, 1.807) is 19.3 Å². The van der Waals surface area contributed by atoms with Gasteiger partial charge in [-0.2, -0.15) is 0 Å². The number of nitrogens with one attached hydrogen (secondary N) is 1. The monoisotopic (exact) mass is 278 g/mol. The van der Waals surface area contributed by atoms with Crippen molar-refractivity contribution < 1.29 is 0 Å². The smallest absolute Gasteiger partial charge is 0.00934 e. The molecule has 116 valence electrons. The van der Waals surface area contributed by atoms with E-state index in [2.05, 4.69) is 24.2 Å². The average molecular weight is 278 g/mol. The van der Waals surface area contributed by atoms with Gasteiger partial charge in [0.25, 0.3) is 0 Å². The molecular formula is C18H34N2. The fourth-order valence-electron chi connectivity index (χ4n) is 5.19. The van der Waals surface area contributed by atoms with Crippen LogP contribution in [-0.4, -0.2) is 37.1 Å². The van der Waals surface area contributed by atoms with Crippen LogP contribution >= 0.6 is 0 Å². The zero-order valence-corrected chi connectivity index (χ0v) is 13.6. The van der Waals surface area contributed by atoms with E-state index in [1.807, 2.05) is 0 Å². The van der Waals surface area contributed by atoms with Gasteiger partial charge in [0.2, 0.25) is 0 Å². The largest absolute Gasteiger partial charge is 0.314 e. The number of fused-ring (bicyclic) bond motifs is 2. The minimum Gasteiger partial charge on any atom is -0.314 e. The highest BCUT2D eigenvalue weighted by Crippen LogP contribution is 2.48. The van der Waals surface area contributed by atoms with Gasteiger partial charge in [-0.05, 0) is 82.7 Å². The summed E-state index contributed by atoms with van der Waals surface area (Å²) in [6.45, 7) is 4.86. The van der Waals surface area contributed by atoms with Crippen molar-refractivity contribution in [3.63, 3.8) is 0 Å². The molecule has 0 spiro atoms. The lowest BCUT2D eigenvalue weighted by atomic mass is 9.86. The van der Waals surface area contributed by atoms with Crippen molar-refractivity contribution in [2.45, 2.75) is 76.8 Å². The van der Waals surface area contributed by atoms with E-state index in [1.165, 1.54) is 51.6 Å². The molecule has 0 amide bonds. The zero-order valence-electron chi connectivity index (χ0n) is 13.6. The second-order valence-corrected chi connectivity index (χ2v) is 7.83. The van der Waals surface area contributed by atoms with Crippen molar-refractivity contribution in [2.75, 3.05) is 20.1 Å². The molecule has 2 bridgehead atoms. The highest BCUT2D eigenvalue weighted by atomic mass is 15.1. The number of hydrogen-bond acceptors (Lipinski definition) is 2. The van der Waals surface area contributed by atoms with Gasteiger partial charge in [-0.25, -0.2) is 0 Å². The van der Waals surface area contributed by atoms with Crippen LogP contribution in [0.25, 0.3) is 0 Å². The maximum Gasteiger partial charge on any atom is 0.00934 e. The van der Waals surface area contributed by atoms with Crippen LogP contribution in [0.3, 0.4) is 0 Å². The van der Waals surface area contributed by atoms with Gasteiger partial charge in [0, 0.05) is 18.6 Å². The molecule has 0 aromatic rings. The van der Waals surface area contributed by atoms with E-state index in [0.717, 1.165) is 29.8 Å². The lowest BCUT2D eigenvalue weighted by Crippen LogP contribution is -2.43. The van der Waals surface area contributed by atoms with Crippen LogP contribution in [0.1, 0.15) is 64.7 Å². The third-order valence-corrected chi connectivity index (χ3v) is 6.41. The number of rotatable bonds is 6. The summed E-state index contributed by atoms with van der Waals surface area (Å²) in [5, 5.41) is 3.71. The van der Waals surface area contributed by atoms with Crippen molar-refractivity contribution in [3.05, 3.63) is 0 Å². The van der Waals surface area contributed by atoms with Crippen molar-refractivity contribution in [3.8, 4) is 0 Å². The highest BCUT2D eigenvalue weighted by Gasteiger charge is 2.40. The van der Waals surface area contributed by atoms with Crippen molar-refractivity contribution in [2.24, 2.45) is 17.8 Å². The SMILES string of the molecule is CCCNC1CCC(N(C)CC2CC3CCC2C3)CC1. The molecule has 3 atom stereocenters. The lowest BCUT2D eigenvalue weighted by molar-refractivity contribution is 0.134. The second-order valence-electron chi connectivity index (χ2n) is 7.83. The van der Waals surface area contributed by atoms with E-state index < -0.39 is 0 Å². The summed E-state index contributed by atoms with van der Waals surface area (Å²) in [5.41, 5.74) is 0. The Balaban J connectivity index is 1.39. The van der Waals surface area contributed by atoms with Gasteiger partial charge in [0.1, 0.15) is 0 Å². The first-order valence-corrected chi connectivity index (χ1v) is 9.20. The summed E-state index contributed by atoms with van der Waals surface area (Å²) in [4.78, 5) is 2.72. The van der Waals surface area contributed by atoms with Crippen LogP contribution in [-0.2, 0) is 0 Å². The van der Waals surface area contributed by atoms with Crippen molar-refractivity contribution in [1.29, 1.82) is 0 Å². The predicted molar refractivity (Wildman–Crippen MR) is 85.9 cm³/mol. The van der Waals surface area contributed by atoms with E-state index in [4.69, 9.17) is 0 Å². The normalized spacial score (nSPS) is 40.6. The quantitative estimate of drug-likeness (QED) is 0.797. The number of nitrogens with zero attached hydrogens (tertiary/aromatic N) is 1. The van der Waals surface area contributed by atoms with Gasteiger partial charge in [0.05, 0.1) is 0 Å². The Morgan fingerprint density at radius 3 is 2.40 bits per heavy atom. The van der Waals surface area contributed by atoms with Gasteiger partial charge in [-0.3, -0.25) is 0 Å². The molecule has 0 aliphatic heterocycles. The molecule has 3 aliphatic rings. The molecule has 3 fully saturated rings. The first kappa shape index (κ1) is 14.8. The van der Waals surface area contributed by atoms with Gasteiger partial charge in [-0.1, -0.05) is 13.3 Å². The molecule has 1 N–H and O–H groups in total. The summed E-state index contributed by atoms with van der Waals surface area (Å²) in [5.74, 6) is 3.23. The molecule has 20 heavy (non-hydrogen) atoms. The summed E-state index contributed by atoms with van der Waals surface area (Å²) >= 11 is 0. The van der Waals surface area contributed by atoms with Crippen LogP contribution in [0.5, 0.6) is 0 Å². The molecule has 0 saturated heterocycles. The fourth-order valence-corrected chi connectivity index (χ4v) is 5.19. The van der Waals surface area contributed by atoms with E-state index in [-0.39, 0.29) is 0 Å². The Bertz CT molecular complexity index is 296. The molecule has 0 aromatic carbocycles. The Morgan fingerprint density at radius 1 is 1.00 bits per heavy atom. The molecule has 3 rings (SSSR count). The molecule has 2 heteroatoms. The highest BCUT2D eigenvalue weighted by molar-refractivity contribution is 4.92. The molecule has 3 saturated carbocycles. The van der Waals surface area contributed by atoms with Crippen LogP contribution in [0.2, 0.25) is 0 Å². The predicted octanol–water partition coefficient (Wildman–Crippen LogP) is 3.67. The minimum atomic E-state index is 0.807. The second kappa shape index (κ2) is 6.79. The van der Waals surface area contributed by atoms with Gasteiger partial charge < -0.3 is 10.2 Å². The Morgan fingerprint density at radius 2 is 1.80 bits per heavy atom. The van der Waals surface area contributed by atoms with Crippen LogP contribution in [0, 0.1) is 17.8 Å². The summed E-state index contributed by atoms with van der Waals surface area (Å²) in [7, 11) is 2.40. The summed E-state index contributed by atoms with van der Waals surface area (Å²) < 4.78 is 0. The first-order chi connectivity index (χ1) is 9.76. The topological polar surface area (TPSA) is 15.3 Å². The molecule has 0 heterocycles. The summed E-state index contributed by atoms with van der Waals surface area (Å²) in [6, 6.07) is 1.68. The van der Waals surface area contributed by atoms with E-state index in [0.29, 0.717) is 0 Å². The standard InChI is InChI=1S/C18H34N2/c1-3-10-19-17-6-8-18(9-7-17)20(2)13-16-12-14-4-5-15(16)11-14/h14-19H,3-13H2,1-2H3. The first-order valence-electron chi connectivity index (χ1n) is 9.20. The average Bonchev–Trinajstić information content (AvgIpc) is 3.08. The summed E-state index contributed by atoms with van der Waals surface area (Å²) in [6.07, 6.45) is 13.1. The third-order valence-electron chi connectivity index (χ3n) is 6.41. The van der Waals surface area contributed by atoms with E-state index >= 15 is 0 Å². The number of hydrogen-bond donors (Lipinski definition) is 1. The van der Waals surface area contributed by atoms with Crippen molar-refractivity contribution >= 4 is 0 Å². The minimum absolute atomic E-state index is 0.807. The zero-order chi connectivity index (χ0) is 13.9. The fraction of sp³-hybridized carbons (Fsp3) is 1.00. The molecule has 2 nitrogen and oxygen atoms in total. The van der Waals surface area contributed by atoms with E-state index in [9.17, 15) is 0 Å². The maximum atomic E-state index is 3.71. The Kier molecular flexibility index (Phi) is 5.04. The van der Waals surface area contributed by atoms with Crippen LogP contribution in [0.4, 0.5) is 0 Å².